The van der Waals surface area contributed by atoms with E-state index in [2.05, 4.69) is 5.10 Å². The van der Waals surface area contributed by atoms with Gasteiger partial charge in [0.25, 0.3) is 5.91 Å². The number of para-hydroxylation sites is 1. The van der Waals surface area contributed by atoms with Crippen LogP contribution in [0.2, 0.25) is 0 Å². The molecule has 2 aromatic heterocycles. The molecule has 2 aromatic carbocycles. The number of fused-ring (bicyclic) bond motifs is 1. The molecule has 0 N–H and O–H groups in total. The zero-order chi connectivity index (χ0) is 19.7. The highest BCUT2D eigenvalue weighted by Crippen LogP contribution is 2.28. The summed E-state index contributed by atoms with van der Waals surface area (Å²) in [5, 5.41) is 5.23. The SMILES string of the molecule is COc1ccc2c(C(=O)N(C)C)cc(-c3cnn(-c4ccccc4)c3)nc2c1. The zero-order valence-electron chi connectivity index (χ0n) is 16.0. The van der Waals surface area contributed by atoms with Gasteiger partial charge in [-0.05, 0) is 30.3 Å². The molecule has 4 aromatic rings. The average Bonchev–Trinajstić information content (AvgIpc) is 3.22. The van der Waals surface area contributed by atoms with Crippen molar-refractivity contribution >= 4 is 16.8 Å². The van der Waals surface area contributed by atoms with Crippen LogP contribution in [0.5, 0.6) is 5.75 Å². The predicted molar refractivity (Wildman–Crippen MR) is 109 cm³/mol. The number of carbonyl (C=O) groups excluding carboxylic acids is 1. The number of ether oxygens (including phenoxy) is 1. The minimum absolute atomic E-state index is 0.0748. The third-order valence-corrected chi connectivity index (χ3v) is 4.55. The predicted octanol–water partition coefficient (Wildman–Crippen LogP) is 3.80. The summed E-state index contributed by atoms with van der Waals surface area (Å²) in [5.41, 5.74) is 3.78. The lowest BCUT2D eigenvalue weighted by atomic mass is 10.0. The lowest BCUT2D eigenvalue weighted by Crippen LogP contribution is -2.22. The van der Waals surface area contributed by atoms with E-state index in [4.69, 9.17) is 9.72 Å². The van der Waals surface area contributed by atoms with Crippen molar-refractivity contribution in [2.45, 2.75) is 0 Å². The van der Waals surface area contributed by atoms with Crippen molar-refractivity contribution in [2.24, 2.45) is 0 Å². The summed E-state index contributed by atoms with van der Waals surface area (Å²) >= 11 is 0. The average molecular weight is 372 g/mol. The molecule has 0 saturated heterocycles. The molecule has 0 fully saturated rings. The second-order valence-corrected chi connectivity index (χ2v) is 6.65. The molecule has 0 aliphatic rings. The first kappa shape index (κ1) is 17.7. The summed E-state index contributed by atoms with van der Waals surface area (Å²) in [7, 11) is 5.09. The molecule has 0 bridgehead atoms. The molecule has 28 heavy (non-hydrogen) atoms. The van der Waals surface area contributed by atoms with E-state index in [1.807, 2.05) is 60.8 Å². The third kappa shape index (κ3) is 3.20. The molecule has 0 spiro atoms. The summed E-state index contributed by atoms with van der Waals surface area (Å²) in [6, 6.07) is 17.2. The fourth-order valence-corrected chi connectivity index (χ4v) is 3.08. The van der Waals surface area contributed by atoms with Gasteiger partial charge < -0.3 is 9.64 Å². The van der Waals surface area contributed by atoms with E-state index >= 15 is 0 Å². The number of nitrogens with zero attached hydrogens (tertiary/aromatic N) is 4. The highest BCUT2D eigenvalue weighted by Gasteiger charge is 2.17. The van der Waals surface area contributed by atoms with E-state index in [1.54, 1.807) is 37.0 Å². The van der Waals surface area contributed by atoms with Crippen molar-refractivity contribution in [2.75, 3.05) is 21.2 Å². The number of rotatable bonds is 4. The van der Waals surface area contributed by atoms with Crippen LogP contribution in [-0.4, -0.2) is 46.8 Å². The minimum Gasteiger partial charge on any atom is -0.497 e. The van der Waals surface area contributed by atoms with Gasteiger partial charge in [0, 0.05) is 37.3 Å². The van der Waals surface area contributed by atoms with Gasteiger partial charge in [-0.25, -0.2) is 9.67 Å². The first-order chi connectivity index (χ1) is 13.6. The van der Waals surface area contributed by atoms with E-state index in [0.29, 0.717) is 22.5 Å². The Kier molecular flexibility index (Phi) is 4.53. The van der Waals surface area contributed by atoms with Crippen LogP contribution in [0.15, 0.2) is 67.0 Å². The lowest BCUT2D eigenvalue weighted by Gasteiger charge is -2.14. The van der Waals surface area contributed by atoms with E-state index in [0.717, 1.165) is 16.6 Å². The van der Waals surface area contributed by atoms with Crippen molar-refractivity contribution in [3.8, 4) is 22.7 Å². The van der Waals surface area contributed by atoms with Gasteiger partial charge in [-0.15, -0.1) is 0 Å². The van der Waals surface area contributed by atoms with E-state index in [1.165, 1.54) is 0 Å². The highest BCUT2D eigenvalue weighted by molar-refractivity contribution is 6.07. The second kappa shape index (κ2) is 7.15. The molecular formula is C22H20N4O2. The highest BCUT2D eigenvalue weighted by atomic mass is 16.5. The normalized spacial score (nSPS) is 10.8. The van der Waals surface area contributed by atoms with Crippen LogP contribution in [0.3, 0.4) is 0 Å². The second-order valence-electron chi connectivity index (χ2n) is 6.65. The van der Waals surface area contributed by atoms with Crippen LogP contribution in [0.4, 0.5) is 0 Å². The number of aromatic nitrogens is 3. The smallest absolute Gasteiger partial charge is 0.254 e. The minimum atomic E-state index is -0.0748. The van der Waals surface area contributed by atoms with Crippen LogP contribution in [0, 0.1) is 0 Å². The van der Waals surface area contributed by atoms with Gasteiger partial charge in [-0.1, -0.05) is 18.2 Å². The van der Waals surface area contributed by atoms with Crippen molar-refractivity contribution < 1.29 is 9.53 Å². The Hall–Kier alpha value is -3.67. The number of carbonyl (C=O) groups is 1. The molecule has 0 unspecified atom stereocenters. The Balaban J connectivity index is 1.87. The quantitative estimate of drug-likeness (QED) is 0.547. The Labute approximate surface area is 163 Å². The lowest BCUT2D eigenvalue weighted by molar-refractivity contribution is 0.0829. The fourth-order valence-electron chi connectivity index (χ4n) is 3.08. The van der Waals surface area contributed by atoms with Crippen LogP contribution in [-0.2, 0) is 0 Å². The van der Waals surface area contributed by atoms with Gasteiger partial charge in [-0.3, -0.25) is 4.79 Å². The molecule has 0 radical (unpaired) electrons. The number of hydrogen-bond acceptors (Lipinski definition) is 4. The molecule has 1 amide bonds. The zero-order valence-corrected chi connectivity index (χ0v) is 16.0. The number of pyridine rings is 1. The van der Waals surface area contributed by atoms with Crippen LogP contribution < -0.4 is 4.74 Å². The molecule has 0 aliphatic carbocycles. The third-order valence-electron chi connectivity index (χ3n) is 4.55. The molecule has 6 nitrogen and oxygen atoms in total. The summed E-state index contributed by atoms with van der Waals surface area (Å²) in [5.74, 6) is 0.620. The number of benzene rings is 2. The van der Waals surface area contributed by atoms with E-state index in [-0.39, 0.29) is 5.91 Å². The van der Waals surface area contributed by atoms with Crippen LogP contribution in [0.1, 0.15) is 10.4 Å². The maximum absolute atomic E-state index is 12.8. The maximum Gasteiger partial charge on any atom is 0.254 e. The standard InChI is InChI=1S/C22H20N4O2/c1-25(2)22(27)19-12-20(24-21-11-17(28-3)9-10-18(19)21)15-13-23-26(14-15)16-7-5-4-6-8-16/h4-14H,1-3H3. The maximum atomic E-state index is 12.8. The van der Waals surface area contributed by atoms with E-state index in [9.17, 15) is 4.79 Å². The number of amides is 1. The van der Waals surface area contributed by atoms with E-state index < -0.39 is 0 Å². The van der Waals surface area contributed by atoms with Crippen molar-refractivity contribution in [1.29, 1.82) is 0 Å². The summed E-state index contributed by atoms with van der Waals surface area (Å²) < 4.78 is 7.12. The van der Waals surface area contributed by atoms with Gasteiger partial charge in [0.15, 0.2) is 0 Å². The summed E-state index contributed by atoms with van der Waals surface area (Å²) in [4.78, 5) is 19.1. The van der Waals surface area contributed by atoms with Crippen LogP contribution >= 0.6 is 0 Å². The van der Waals surface area contributed by atoms with Crippen molar-refractivity contribution in [1.82, 2.24) is 19.7 Å². The molecule has 0 atom stereocenters. The Bertz CT molecular complexity index is 1150. The van der Waals surface area contributed by atoms with Gasteiger partial charge in [0.1, 0.15) is 5.75 Å². The Morgan fingerprint density at radius 2 is 1.86 bits per heavy atom. The van der Waals surface area contributed by atoms with Crippen molar-refractivity contribution in [3.63, 3.8) is 0 Å². The summed E-state index contributed by atoms with van der Waals surface area (Å²) in [6.45, 7) is 0. The van der Waals surface area contributed by atoms with Gasteiger partial charge >= 0.3 is 0 Å². The topological polar surface area (TPSA) is 60.2 Å². The Morgan fingerprint density at radius 3 is 2.57 bits per heavy atom. The van der Waals surface area contributed by atoms with Gasteiger partial charge in [0.2, 0.25) is 0 Å². The monoisotopic (exact) mass is 372 g/mol. The number of methoxy groups -OCH3 is 1. The fraction of sp³-hybridized carbons (Fsp3) is 0.136. The number of hydrogen-bond donors (Lipinski definition) is 0. The largest absolute Gasteiger partial charge is 0.497 e. The van der Waals surface area contributed by atoms with Crippen molar-refractivity contribution in [3.05, 3.63) is 72.6 Å². The Morgan fingerprint density at radius 1 is 1.07 bits per heavy atom. The molecule has 140 valence electrons. The van der Waals surface area contributed by atoms with Crippen LogP contribution in [0.25, 0.3) is 27.8 Å². The van der Waals surface area contributed by atoms with Gasteiger partial charge in [-0.2, -0.15) is 5.10 Å². The van der Waals surface area contributed by atoms with Gasteiger partial charge in [0.05, 0.1) is 35.8 Å². The molecule has 4 rings (SSSR count). The summed E-state index contributed by atoms with van der Waals surface area (Å²) in [6.07, 6.45) is 3.67. The molecule has 0 saturated carbocycles. The molecule has 2 heterocycles. The first-order valence-electron chi connectivity index (χ1n) is 8.88. The first-order valence-corrected chi connectivity index (χ1v) is 8.88. The molecule has 0 aliphatic heterocycles. The molecule has 6 heteroatoms. The molecular weight excluding hydrogens is 352 g/mol.